The molecule has 0 bridgehead atoms. The Bertz CT molecular complexity index is 483. The van der Waals surface area contributed by atoms with Gasteiger partial charge >= 0.3 is 0 Å². The molecule has 5 heteroatoms. The van der Waals surface area contributed by atoms with Crippen LogP contribution < -0.4 is 4.72 Å². The second-order valence-electron chi connectivity index (χ2n) is 3.20. The van der Waals surface area contributed by atoms with E-state index >= 15 is 0 Å². The molecule has 1 aromatic heterocycles. The molecule has 0 radical (unpaired) electrons. The molecule has 0 atom stereocenters. The first-order valence-electron chi connectivity index (χ1n) is 4.58. The second-order valence-corrected chi connectivity index (χ2v) is 4.86. The predicted octanol–water partition coefficient (Wildman–Crippen LogP) is 4.45. The number of hydrogen-bond acceptors (Lipinski definition) is 3. The van der Waals surface area contributed by atoms with Crippen molar-refractivity contribution in [3.63, 3.8) is 0 Å². The summed E-state index contributed by atoms with van der Waals surface area (Å²) in [7, 11) is 0. The summed E-state index contributed by atoms with van der Waals surface area (Å²) >= 11 is 2.88. The third-order valence-corrected chi connectivity index (χ3v) is 3.74. The van der Waals surface area contributed by atoms with Crippen LogP contribution in [0.15, 0.2) is 33.9 Å². The van der Waals surface area contributed by atoms with Crippen molar-refractivity contribution >= 4 is 29.0 Å². The van der Waals surface area contributed by atoms with E-state index in [1.807, 2.05) is 16.8 Å². The maximum Gasteiger partial charge on any atom is 0.152 e. The lowest BCUT2D eigenvalue weighted by Gasteiger charge is -2.07. The third kappa shape index (κ3) is 2.36. The highest BCUT2D eigenvalue weighted by Gasteiger charge is 2.09. The summed E-state index contributed by atoms with van der Waals surface area (Å²) in [6, 6.07) is 4.59. The van der Waals surface area contributed by atoms with E-state index in [0.717, 1.165) is 4.90 Å². The average molecular weight is 257 g/mol. The summed E-state index contributed by atoms with van der Waals surface area (Å²) in [4.78, 5) is 1.01. The summed E-state index contributed by atoms with van der Waals surface area (Å²) < 4.78 is 29.4. The van der Waals surface area contributed by atoms with Gasteiger partial charge in [-0.1, -0.05) is 0 Å². The van der Waals surface area contributed by atoms with E-state index in [1.165, 1.54) is 31.0 Å². The zero-order valence-electron chi connectivity index (χ0n) is 8.46. The molecular weight excluding hydrogens is 248 g/mol. The van der Waals surface area contributed by atoms with Crippen molar-refractivity contribution < 1.29 is 8.78 Å². The van der Waals surface area contributed by atoms with Crippen LogP contribution in [0.5, 0.6) is 0 Å². The molecule has 0 aliphatic heterocycles. The van der Waals surface area contributed by atoms with Gasteiger partial charge < -0.3 is 4.72 Å². The fourth-order valence-corrected chi connectivity index (χ4v) is 2.65. The molecule has 0 saturated heterocycles. The lowest BCUT2D eigenvalue weighted by molar-refractivity contribution is 0.571. The summed E-state index contributed by atoms with van der Waals surface area (Å²) in [5.41, 5.74) is 0.339. The Hall–Kier alpha value is -1.07. The van der Waals surface area contributed by atoms with Gasteiger partial charge in [0, 0.05) is 15.8 Å². The molecule has 0 aliphatic carbocycles. The molecule has 0 spiro atoms. The Kier molecular flexibility index (Phi) is 3.46. The van der Waals surface area contributed by atoms with Crippen LogP contribution in [0.4, 0.5) is 14.5 Å². The van der Waals surface area contributed by atoms with Crippen molar-refractivity contribution in [2.24, 2.45) is 0 Å². The third-order valence-electron chi connectivity index (χ3n) is 2.09. The summed E-state index contributed by atoms with van der Waals surface area (Å²) in [6.07, 6.45) is 0. The summed E-state index contributed by atoms with van der Waals surface area (Å²) in [5.74, 6) is -1.06. The molecule has 2 aromatic rings. The van der Waals surface area contributed by atoms with Gasteiger partial charge in [-0.2, -0.15) is 11.3 Å². The van der Waals surface area contributed by atoms with E-state index in [4.69, 9.17) is 0 Å². The van der Waals surface area contributed by atoms with Crippen LogP contribution in [0.3, 0.4) is 0 Å². The molecule has 84 valence electrons. The largest absolute Gasteiger partial charge is 0.323 e. The minimum absolute atomic E-state index is 0.0379. The zero-order chi connectivity index (χ0) is 11.5. The van der Waals surface area contributed by atoms with Crippen LogP contribution in [-0.2, 0) is 0 Å². The standard InChI is InChI=1S/C11H9F2NS2/c1-7-9(12)2-3-10(11(7)13)14-16-8-4-5-15-6-8/h2-6,14H,1H3. The molecule has 0 aliphatic rings. The van der Waals surface area contributed by atoms with Crippen molar-refractivity contribution in [1.29, 1.82) is 0 Å². The van der Waals surface area contributed by atoms with Gasteiger partial charge in [0.15, 0.2) is 5.82 Å². The van der Waals surface area contributed by atoms with Crippen molar-refractivity contribution in [3.8, 4) is 0 Å². The van der Waals surface area contributed by atoms with E-state index in [0.29, 0.717) is 5.69 Å². The Morgan fingerprint density at radius 2 is 2.06 bits per heavy atom. The summed E-state index contributed by atoms with van der Waals surface area (Å²) in [5, 5.41) is 3.89. The van der Waals surface area contributed by atoms with Gasteiger partial charge in [-0.15, -0.1) is 0 Å². The maximum atomic E-state index is 13.6. The van der Waals surface area contributed by atoms with Crippen molar-refractivity contribution in [1.82, 2.24) is 0 Å². The van der Waals surface area contributed by atoms with Crippen LogP contribution in [0.2, 0.25) is 0 Å². The van der Waals surface area contributed by atoms with Gasteiger partial charge in [-0.3, -0.25) is 0 Å². The minimum Gasteiger partial charge on any atom is -0.323 e. The van der Waals surface area contributed by atoms with E-state index in [9.17, 15) is 8.78 Å². The lowest BCUT2D eigenvalue weighted by atomic mass is 10.2. The number of halogens is 2. The number of anilines is 1. The van der Waals surface area contributed by atoms with E-state index in [1.54, 1.807) is 11.3 Å². The van der Waals surface area contributed by atoms with Crippen molar-refractivity contribution in [3.05, 3.63) is 46.2 Å². The molecule has 1 heterocycles. The van der Waals surface area contributed by atoms with Gasteiger partial charge in [0.05, 0.1) is 5.69 Å². The van der Waals surface area contributed by atoms with Crippen molar-refractivity contribution in [2.75, 3.05) is 4.72 Å². The van der Waals surface area contributed by atoms with Crippen LogP contribution in [0.1, 0.15) is 5.56 Å². The predicted molar refractivity (Wildman–Crippen MR) is 64.9 cm³/mol. The van der Waals surface area contributed by atoms with Gasteiger partial charge in [0.2, 0.25) is 0 Å². The highest BCUT2D eigenvalue weighted by Crippen LogP contribution is 2.26. The Balaban J connectivity index is 2.13. The number of rotatable bonds is 3. The quantitative estimate of drug-likeness (QED) is 0.815. The van der Waals surface area contributed by atoms with Crippen LogP contribution in [0, 0.1) is 18.6 Å². The Morgan fingerprint density at radius 3 is 2.75 bits per heavy atom. The minimum atomic E-state index is -0.539. The SMILES string of the molecule is Cc1c(F)ccc(NSc2ccsc2)c1F. The van der Waals surface area contributed by atoms with Gasteiger partial charge in [-0.25, -0.2) is 8.78 Å². The number of benzene rings is 1. The first-order valence-corrected chi connectivity index (χ1v) is 6.34. The molecule has 2 rings (SSSR count). The van der Waals surface area contributed by atoms with E-state index in [-0.39, 0.29) is 5.56 Å². The molecule has 0 unspecified atom stereocenters. The molecule has 0 fully saturated rings. The Labute approximate surface area is 101 Å². The van der Waals surface area contributed by atoms with E-state index in [2.05, 4.69) is 4.72 Å². The van der Waals surface area contributed by atoms with Crippen LogP contribution in [0.25, 0.3) is 0 Å². The van der Waals surface area contributed by atoms with Crippen LogP contribution in [-0.4, -0.2) is 0 Å². The lowest BCUT2D eigenvalue weighted by Crippen LogP contribution is -1.95. The van der Waals surface area contributed by atoms with Gasteiger partial charge in [0.1, 0.15) is 5.82 Å². The monoisotopic (exact) mass is 257 g/mol. The number of hydrogen-bond donors (Lipinski definition) is 1. The summed E-state index contributed by atoms with van der Waals surface area (Å²) in [6.45, 7) is 1.42. The molecule has 1 nitrogen and oxygen atoms in total. The molecular formula is C11H9F2NS2. The molecule has 16 heavy (non-hydrogen) atoms. The van der Waals surface area contributed by atoms with Crippen molar-refractivity contribution in [2.45, 2.75) is 11.8 Å². The molecule has 0 amide bonds. The normalized spacial score (nSPS) is 10.4. The first-order chi connectivity index (χ1) is 7.68. The number of nitrogens with one attached hydrogen (secondary N) is 1. The molecule has 1 N–H and O–H groups in total. The fraction of sp³-hybridized carbons (Fsp3) is 0.0909. The van der Waals surface area contributed by atoms with Crippen LogP contribution >= 0.6 is 23.3 Å². The Morgan fingerprint density at radius 1 is 1.25 bits per heavy atom. The highest BCUT2D eigenvalue weighted by atomic mass is 32.2. The second kappa shape index (κ2) is 4.84. The highest BCUT2D eigenvalue weighted by molar-refractivity contribution is 8.00. The molecule has 0 saturated carbocycles. The first kappa shape index (κ1) is 11.4. The fourth-order valence-electron chi connectivity index (χ4n) is 1.16. The van der Waals surface area contributed by atoms with Gasteiger partial charge in [0.25, 0.3) is 0 Å². The average Bonchev–Trinajstić information content (AvgIpc) is 2.78. The van der Waals surface area contributed by atoms with E-state index < -0.39 is 11.6 Å². The van der Waals surface area contributed by atoms with Gasteiger partial charge in [-0.05, 0) is 42.5 Å². The zero-order valence-corrected chi connectivity index (χ0v) is 10.1. The number of thiophene rings is 1. The molecule has 1 aromatic carbocycles. The maximum absolute atomic E-state index is 13.6. The topological polar surface area (TPSA) is 12.0 Å². The smallest absolute Gasteiger partial charge is 0.152 e.